The van der Waals surface area contributed by atoms with Crippen molar-refractivity contribution < 1.29 is 9.90 Å². The average Bonchev–Trinajstić information content (AvgIpc) is 2.55. The number of nitrogens with zero attached hydrogens (tertiary/aromatic N) is 1. The molecule has 2 atom stereocenters. The summed E-state index contributed by atoms with van der Waals surface area (Å²) in [5, 5.41) is 13.1. The van der Waals surface area contributed by atoms with E-state index >= 15 is 0 Å². The van der Waals surface area contributed by atoms with Crippen LogP contribution in [0.1, 0.15) is 97.8 Å². The number of aliphatic hydroxyl groups is 1. The highest BCUT2D eigenvalue weighted by atomic mass is 16.3. The van der Waals surface area contributed by atoms with Crippen LogP contribution in [0.15, 0.2) is 0 Å². The summed E-state index contributed by atoms with van der Waals surface area (Å²) in [5.74, 6) is 0. The fourth-order valence-corrected chi connectivity index (χ4v) is 3.53. The second-order valence-corrected chi connectivity index (χ2v) is 7.67. The highest BCUT2D eigenvalue weighted by molar-refractivity contribution is 5.74. The van der Waals surface area contributed by atoms with Crippen molar-refractivity contribution in [3.05, 3.63) is 0 Å². The van der Waals surface area contributed by atoms with Gasteiger partial charge in [0.2, 0.25) is 0 Å². The van der Waals surface area contributed by atoms with Crippen molar-refractivity contribution >= 4 is 6.03 Å². The normalized spacial score (nSPS) is 21.0. The van der Waals surface area contributed by atoms with Gasteiger partial charge >= 0.3 is 6.03 Å². The molecule has 4 heteroatoms. The van der Waals surface area contributed by atoms with E-state index in [0.29, 0.717) is 0 Å². The summed E-state index contributed by atoms with van der Waals surface area (Å²) >= 11 is 0. The zero-order chi connectivity index (χ0) is 17.8. The number of unbranched alkanes of at least 4 members (excludes halogenated alkanes) is 7. The Hall–Kier alpha value is -0.770. The summed E-state index contributed by atoms with van der Waals surface area (Å²) < 4.78 is 0. The highest BCUT2D eigenvalue weighted by Crippen LogP contribution is 2.19. The number of amides is 2. The van der Waals surface area contributed by atoms with E-state index in [1.807, 2.05) is 4.90 Å². The lowest BCUT2D eigenvalue weighted by molar-refractivity contribution is 0.0880. The number of nitrogens with one attached hydrogen (secondary N) is 1. The predicted octanol–water partition coefficient (Wildman–Crippen LogP) is 4.85. The second-order valence-electron chi connectivity index (χ2n) is 7.67. The molecule has 0 heterocycles. The number of hydrogen-bond donors (Lipinski definition) is 2. The van der Waals surface area contributed by atoms with E-state index in [1.54, 1.807) is 0 Å². The van der Waals surface area contributed by atoms with Crippen LogP contribution in [0.4, 0.5) is 4.79 Å². The molecule has 0 saturated heterocycles. The largest absolute Gasteiger partial charge is 0.391 e. The Balaban J connectivity index is 2.23. The van der Waals surface area contributed by atoms with Gasteiger partial charge < -0.3 is 15.3 Å². The first kappa shape index (κ1) is 21.3. The second kappa shape index (κ2) is 12.6. The third-order valence-corrected chi connectivity index (χ3v) is 5.18. The maximum atomic E-state index is 12.5. The molecule has 0 aromatic heterocycles. The van der Waals surface area contributed by atoms with E-state index in [9.17, 15) is 9.90 Å². The van der Waals surface area contributed by atoms with Crippen LogP contribution < -0.4 is 5.32 Å². The van der Waals surface area contributed by atoms with E-state index < -0.39 is 0 Å². The zero-order valence-electron chi connectivity index (χ0n) is 16.2. The predicted molar refractivity (Wildman–Crippen MR) is 101 cm³/mol. The number of carbonyl (C=O) groups is 1. The summed E-state index contributed by atoms with van der Waals surface area (Å²) in [6, 6.07) is 0.139. The van der Waals surface area contributed by atoms with Crippen molar-refractivity contribution in [2.45, 2.75) is 116 Å². The molecule has 1 fully saturated rings. The molecule has 1 rings (SSSR count). The Morgan fingerprint density at radius 1 is 1.04 bits per heavy atom. The number of rotatable bonds is 11. The van der Waals surface area contributed by atoms with Gasteiger partial charge in [0.05, 0.1) is 12.1 Å². The van der Waals surface area contributed by atoms with E-state index in [-0.39, 0.29) is 24.2 Å². The summed E-state index contributed by atoms with van der Waals surface area (Å²) in [6.07, 6.45) is 13.7. The third kappa shape index (κ3) is 8.36. The number of urea groups is 1. The molecule has 2 amide bonds. The minimum absolute atomic E-state index is 0.00102. The lowest BCUT2D eigenvalue weighted by Crippen LogP contribution is -2.52. The van der Waals surface area contributed by atoms with Gasteiger partial charge in [-0.3, -0.25) is 0 Å². The summed E-state index contributed by atoms with van der Waals surface area (Å²) in [5.41, 5.74) is 0. The van der Waals surface area contributed by atoms with Crippen LogP contribution in [0.2, 0.25) is 0 Å². The molecule has 1 aliphatic rings. The van der Waals surface area contributed by atoms with Gasteiger partial charge in [0.25, 0.3) is 0 Å². The molecule has 142 valence electrons. The third-order valence-electron chi connectivity index (χ3n) is 5.18. The van der Waals surface area contributed by atoms with Crippen molar-refractivity contribution in [2.75, 3.05) is 6.54 Å². The van der Waals surface area contributed by atoms with Crippen molar-refractivity contribution in [2.24, 2.45) is 0 Å². The summed E-state index contributed by atoms with van der Waals surface area (Å²) in [6.45, 7) is 7.21. The van der Waals surface area contributed by atoms with E-state index in [2.05, 4.69) is 26.1 Å². The minimum atomic E-state index is -0.375. The van der Waals surface area contributed by atoms with Gasteiger partial charge in [0.15, 0.2) is 0 Å². The topological polar surface area (TPSA) is 52.6 Å². The van der Waals surface area contributed by atoms with Gasteiger partial charge in [-0.2, -0.15) is 0 Å². The minimum Gasteiger partial charge on any atom is -0.391 e. The molecule has 0 bridgehead atoms. The molecule has 0 aromatic rings. The van der Waals surface area contributed by atoms with Crippen molar-refractivity contribution in [3.8, 4) is 0 Å². The van der Waals surface area contributed by atoms with Gasteiger partial charge in [-0.05, 0) is 33.1 Å². The SMILES string of the molecule is CCCCCCCCCCN(C(=O)N[C@H]1CCCC[C@@H]1O)C(C)C. The Labute approximate surface area is 149 Å². The number of hydrogen-bond acceptors (Lipinski definition) is 2. The Morgan fingerprint density at radius 3 is 2.21 bits per heavy atom. The molecule has 2 N–H and O–H groups in total. The first-order chi connectivity index (χ1) is 11.6. The van der Waals surface area contributed by atoms with E-state index in [1.165, 1.54) is 44.9 Å². The lowest BCUT2D eigenvalue weighted by Gasteiger charge is -2.33. The molecule has 0 aromatic carbocycles. The first-order valence-electron chi connectivity index (χ1n) is 10.3. The smallest absolute Gasteiger partial charge is 0.317 e. The quantitative estimate of drug-likeness (QED) is 0.528. The van der Waals surface area contributed by atoms with Crippen LogP contribution in [0.25, 0.3) is 0 Å². The van der Waals surface area contributed by atoms with E-state index in [0.717, 1.165) is 38.6 Å². The molecule has 0 radical (unpaired) electrons. The van der Waals surface area contributed by atoms with Crippen LogP contribution in [-0.4, -0.2) is 40.8 Å². The number of aliphatic hydroxyl groups excluding tert-OH is 1. The lowest BCUT2D eigenvalue weighted by atomic mass is 9.93. The molecular weight excluding hydrogens is 300 g/mol. The van der Waals surface area contributed by atoms with Crippen LogP contribution in [0.5, 0.6) is 0 Å². The average molecular weight is 341 g/mol. The van der Waals surface area contributed by atoms with Gasteiger partial charge in [0, 0.05) is 12.6 Å². The van der Waals surface area contributed by atoms with Gasteiger partial charge in [-0.15, -0.1) is 0 Å². The molecule has 1 aliphatic carbocycles. The first-order valence-corrected chi connectivity index (χ1v) is 10.3. The molecule has 0 spiro atoms. The van der Waals surface area contributed by atoms with Crippen LogP contribution in [-0.2, 0) is 0 Å². The van der Waals surface area contributed by atoms with E-state index in [4.69, 9.17) is 0 Å². The van der Waals surface area contributed by atoms with Gasteiger partial charge in [-0.1, -0.05) is 64.7 Å². The fourth-order valence-electron chi connectivity index (χ4n) is 3.53. The monoisotopic (exact) mass is 340 g/mol. The Kier molecular flexibility index (Phi) is 11.1. The molecule has 24 heavy (non-hydrogen) atoms. The summed E-state index contributed by atoms with van der Waals surface area (Å²) in [7, 11) is 0. The maximum Gasteiger partial charge on any atom is 0.317 e. The zero-order valence-corrected chi connectivity index (χ0v) is 16.2. The van der Waals surface area contributed by atoms with Gasteiger partial charge in [-0.25, -0.2) is 4.79 Å². The standard InChI is InChI=1S/C20H40N2O2/c1-4-5-6-7-8-9-10-13-16-22(17(2)3)20(24)21-18-14-11-12-15-19(18)23/h17-19,23H,4-16H2,1-3H3,(H,21,24)/t18-,19-/m0/s1. The van der Waals surface area contributed by atoms with Crippen LogP contribution in [0, 0.1) is 0 Å². The number of carbonyl (C=O) groups excluding carboxylic acids is 1. The molecule has 0 unspecified atom stereocenters. The molecule has 1 saturated carbocycles. The fraction of sp³-hybridized carbons (Fsp3) is 0.950. The van der Waals surface area contributed by atoms with Crippen molar-refractivity contribution in [3.63, 3.8) is 0 Å². The van der Waals surface area contributed by atoms with Crippen LogP contribution in [0.3, 0.4) is 0 Å². The highest BCUT2D eigenvalue weighted by Gasteiger charge is 2.27. The Morgan fingerprint density at radius 2 is 1.62 bits per heavy atom. The molecule has 4 nitrogen and oxygen atoms in total. The molecular formula is C20H40N2O2. The van der Waals surface area contributed by atoms with Crippen molar-refractivity contribution in [1.29, 1.82) is 0 Å². The molecule has 0 aliphatic heterocycles. The van der Waals surface area contributed by atoms with Gasteiger partial charge in [0.1, 0.15) is 0 Å². The maximum absolute atomic E-state index is 12.5. The summed E-state index contributed by atoms with van der Waals surface area (Å²) in [4.78, 5) is 14.5. The Bertz CT molecular complexity index is 334. The van der Waals surface area contributed by atoms with Crippen LogP contribution >= 0.6 is 0 Å². The van der Waals surface area contributed by atoms with Crippen molar-refractivity contribution in [1.82, 2.24) is 10.2 Å².